The molecular weight excluding hydrogens is 512 g/mol. The summed E-state index contributed by atoms with van der Waals surface area (Å²) < 4.78 is 22.1. The van der Waals surface area contributed by atoms with Gasteiger partial charge in [0.15, 0.2) is 12.6 Å². The zero-order chi connectivity index (χ0) is 28.6. The van der Waals surface area contributed by atoms with Gasteiger partial charge in [0.05, 0.1) is 13.2 Å². The van der Waals surface area contributed by atoms with E-state index >= 15 is 0 Å². The lowest BCUT2D eigenvalue weighted by Crippen LogP contribution is -2.64. The van der Waals surface area contributed by atoms with Gasteiger partial charge in [0, 0.05) is 6.61 Å². The van der Waals surface area contributed by atoms with Crippen molar-refractivity contribution in [1.82, 2.24) is 0 Å². The predicted molar refractivity (Wildman–Crippen MR) is 143 cm³/mol. The van der Waals surface area contributed by atoms with Crippen LogP contribution >= 0.6 is 0 Å². The second kappa shape index (κ2) is 19.6. The molecule has 0 aromatic heterocycles. The lowest BCUT2D eigenvalue weighted by Gasteiger charge is -2.45. The third-order valence-electron chi connectivity index (χ3n) is 7.74. The van der Waals surface area contributed by atoms with Crippen molar-refractivity contribution in [1.29, 1.82) is 0 Å². The maximum Gasteiger partial charge on any atom is 0.187 e. The fraction of sp³-hybridized carbons (Fsp3) is 1.00. The first-order valence-electron chi connectivity index (χ1n) is 15.1. The van der Waals surface area contributed by atoms with Crippen molar-refractivity contribution in [2.24, 2.45) is 0 Å². The van der Waals surface area contributed by atoms with Gasteiger partial charge in [-0.1, -0.05) is 90.4 Å². The van der Waals surface area contributed by atoms with E-state index in [1.807, 2.05) is 0 Å². The van der Waals surface area contributed by atoms with Crippen molar-refractivity contribution in [2.45, 2.75) is 158 Å². The van der Waals surface area contributed by atoms with Crippen LogP contribution in [0.15, 0.2) is 0 Å². The monoisotopic (exact) mass is 566 g/mol. The summed E-state index contributed by atoms with van der Waals surface area (Å²) >= 11 is 0. The van der Waals surface area contributed by atoms with Gasteiger partial charge in [-0.05, 0) is 6.42 Å². The van der Waals surface area contributed by atoms with Crippen molar-refractivity contribution in [3.63, 3.8) is 0 Å². The first kappa shape index (κ1) is 34.8. The molecule has 11 nitrogen and oxygen atoms in total. The summed E-state index contributed by atoms with van der Waals surface area (Å²) in [5.41, 5.74) is 0. The Labute approximate surface area is 233 Å². The predicted octanol–water partition coefficient (Wildman–Crippen LogP) is 1.11. The Kier molecular flexibility index (Phi) is 17.5. The van der Waals surface area contributed by atoms with Crippen molar-refractivity contribution in [3.8, 4) is 0 Å². The van der Waals surface area contributed by atoms with Crippen molar-refractivity contribution in [2.75, 3.05) is 19.8 Å². The Balaban J connectivity index is 1.62. The number of aliphatic hydroxyl groups excluding tert-OH is 7. The van der Waals surface area contributed by atoms with Gasteiger partial charge >= 0.3 is 0 Å². The van der Waals surface area contributed by atoms with Crippen LogP contribution in [0.5, 0.6) is 0 Å². The highest BCUT2D eigenvalue weighted by molar-refractivity contribution is 4.94. The molecule has 0 spiro atoms. The number of hydrogen-bond donors (Lipinski definition) is 7. The molecule has 0 aromatic carbocycles. The Morgan fingerprint density at radius 1 is 0.513 bits per heavy atom. The molecular formula is C28H54O11. The zero-order valence-electron chi connectivity index (χ0n) is 23.6. The van der Waals surface area contributed by atoms with Crippen LogP contribution in [0.1, 0.15) is 96.8 Å². The third kappa shape index (κ3) is 11.4. The van der Waals surface area contributed by atoms with Gasteiger partial charge in [-0.3, -0.25) is 0 Å². The first-order chi connectivity index (χ1) is 18.8. The molecule has 2 rings (SSSR count). The molecule has 2 aliphatic heterocycles. The summed E-state index contributed by atoms with van der Waals surface area (Å²) in [6.45, 7) is 1.34. The third-order valence-corrected chi connectivity index (χ3v) is 7.74. The molecule has 2 heterocycles. The van der Waals surface area contributed by atoms with E-state index in [1.54, 1.807) is 0 Å². The van der Waals surface area contributed by atoms with Crippen molar-refractivity contribution < 1.29 is 54.7 Å². The van der Waals surface area contributed by atoms with Crippen LogP contribution < -0.4 is 0 Å². The molecule has 2 saturated heterocycles. The molecule has 0 saturated carbocycles. The van der Waals surface area contributed by atoms with E-state index in [4.69, 9.17) is 18.9 Å². The highest BCUT2D eigenvalue weighted by Gasteiger charge is 2.50. The molecule has 2 aliphatic rings. The van der Waals surface area contributed by atoms with E-state index in [0.717, 1.165) is 19.3 Å². The molecule has 2 fully saturated rings. The van der Waals surface area contributed by atoms with Crippen LogP contribution in [0.4, 0.5) is 0 Å². The van der Waals surface area contributed by atoms with E-state index in [1.165, 1.54) is 70.6 Å². The first-order valence-corrected chi connectivity index (χ1v) is 15.1. The number of aliphatic hydroxyl groups is 7. The molecule has 39 heavy (non-hydrogen) atoms. The quantitative estimate of drug-likeness (QED) is 0.105. The van der Waals surface area contributed by atoms with E-state index < -0.39 is 74.6 Å². The van der Waals surface area contributed by atoms with Crippen molar-refractivity contribution in [3.05, 3.63) is 0 Å². The highest BCUT2D eigenvalue weighted by atomic mass is 16.7. The maximum atomic E-state index is 10.6. The van der Waals surface area contributed by atoms with Crippen LogP contribution in [0.2, 0.25) is 0 Å². The number of rotatable bonds is 20. The fourth-order valence-electron chi connectivity index (χ4n) is 5.19. The molecule has 0 radical (unpaired) electrons. The van der Waals surface area contributed by atoms with E-state index in [-0.39, 0.29) is 0 Å². The van der Waals surface area contributed by atoms with Gasteiger partial charge in [0.25, 0.3) is 0 Å². The summed E-state index contributed by atoms with van der Waals surface area (Å²) in [6.07, 6.45) is 2.97. The average Bonchev–Trinajstić information content (AvgIpc) is 2.94. The Bertz CT molecular complexity index is 608. The minimum absolute atomic E-state index is 0.322. The van der Waals surface area contributed by atoms with Crippen LogP contribution in [-0.4, -0.2) is 117 Å². The summed E-state index contributed by atoms with van der Waals surface area (Å²) in [7, 11) is 0. The van der Waals surface area contributed by atoms with Gasteiger partial charge in [0.2, 0.25) is 0 Å². The lowest BCUT2D eigenvalue weighted by atomic mass is 9.97. The molecule has 4 unspecified atom stereocenters. The Morgan fingerprint density at radius 2 is 0.974 bits per heavy atom. The topological polar surface area (TPSA) is 179 Å². The van der Waals surface area contributed by atoms with Crippen molar-refractivity contribution >= 4 is 0 Å². The van der Waals surface area contributed by atoms with Crippen LogP contribution in [0.3, 0.4) is 0 Å². The SMILES string of the molecule is CCCCCCCCCCCCCCCCO[C@@H]1O[C@H](CO)[C@@H](OC2O[C@H](CO)C(O)C(O)[C@H]2O)C(O)[C@H]1O. The molecule has 0 aromatic rings. The highest BCUT2D eigenvalue weighted by Crippen LogP contribution is 2.29. The van der Waals surface area contributed by atoms with Gasteiger partial charge in [-0.25, -0.2) is 0 Å². The maximum absolute atomic E-state index is 10.6. The standard InChI is InChI=1S/C28H54O11/c1-2-3-4-5-6-7-8-9-10-11-12-13-14-15-16-36-27-25(35)23(33)26(20(18-30)38-27)39-28-24(34)22(32)21(31)19(17-29)37-28/h19-35H,2-18H2,1H3/t19-,20-,21?,22?,23?,24-,25-,26-,27-,28?/m1/s1. The van der Waals surface area contributed by atoms with Gasteiger partial charge in [-0.15, -0.1) is 0 Å². The molecule has 0 aliphatic carbocycles. The second-order valence-corrected chi connectivity index (χ2v) is 11.0. The smallest absolute Gasteiger partial charge is 0.187 e. The minimum atomic E-state index is -1.69. The molecule has 11 heteroatoms. The van der Waals surface area contributed by atoms with Crippen LogP contribution in [-0.2, 0) is 18.9 Å². The van der Waals surface area contributed by atoms with Gasteiger partial charge < -0.3 is 54.7 Å². The Hall–Kier alpha value is -0.440. The Morgan fingerprint density at radius 3 is 1.49 bits per heavy atom. The minimum Gasteiger partial charge on any atom is -0.394 e. The largest absolute Gasteiger partial charge is 0.394 e. The molecule has 0 bridgehead atoms. The van der Waals surface area contributed by atoms with Gasteiger partial charge in [-0.2, -0.15) is 0 Å². The van der Waals surface area contributed by atoms with E-state index in [9.17, 15) is 35.7 Å². The van der Waals surface area contributed by atoms with E-state index in [0.29, 0.717) is 6.61 Å². The fourth-order valence-corrected chi connectivity index (χ4v) is 5.19. The normalized spacial score (nSPS) is 35.4. The van der Waals surface area contributed by atoms with Gasteiger partial charge in [0.1, 0.15) is 48.8 Å². The molecule has 232 valence electrons. The van der Waals surface area contributed by atoms with E-state index in [2.05, 4.69) is 6.92 Å². The summed E-state index contributed by atoms with van der Waals surface area (Å²) in [5.74, 6) is 0. The average molecular weight is 567 g/mol. The number of ether oxygens (including phenoxy) is 4. The summed E-state index contributed by atoms with van der Waals surface area (Å²) in [4.78, 5) is 0. The lowest BCUT2D eigenvalue weighted by molar-refractivity contribution is -0.359. The number of unbranched alkanes of at least 4 members (excludes halogenated alkanes) is 13. The summed E-state index contributed by atoms with van der Waals surface area (Å²) in [6, 6.07) is 0. The molecule has 7 N–H and O–H groups in total. The van der Waals surface area contributed by atoms with Crippen LogP contribution in [0.25, 0.3) is 0 Å². The number of hydrogen-bond acceptors (Lipinski definition) is 11. The molecule has 0 amide bonds. The van der Waals surface area contributed by atoms with Crippen LogP contribution in [0, 0.1) is 0 Å². The zero-order valence-corrected chi connectivity index (χ0v) is 23.6. The second-order valence-electron chi connectivity index (χ2n) is 11.0. The molecule has 10 atom stereocenters. The summed E-state index contributed by atoms with van der Waals surface area (Å²) in [5, 5.41) is 70.4.